The van der Waals surface area contributed by atoms with E-state index in [0.29, 0.717) is 32.9 Å². The largest absolute Gasteiger partial charge is 0.494 e. The summed E-state index contributed by atoms with van der Waals surface area (Å²) in [5, 5.41) is 13.7. The lowest BCUT2D eigenvalue weighted by atomic mass is 9.85. The number of nitrogens with one attached hydrogen (secondary N) is 1. The molecule has 0 aliphatic carbocycles. The van der Waals surface area contributed by atoms with Crippen molar-refractivity contribution >= 4 is 5.69 Å². The molecule has 3 unspecified atom stereocenters. The third kappa shape index (κ3) is 8.55. The van der Waals surface area contributed by atoms with Gasteiger partial charge in [0.15, 0.2) is 0 Å². The Kier molecular flexibility index (Phi) is 12.3. The fourth-order valence-electron chi connectivity index (χ4n) is 5.34. The van der Waals surface area contributed by atoms with Gasteiger partial charge >= 0.3 is 0 Å². The summed E-state index contributed by atoms with van der Waals surface area (Å²) in [6.07, 6.45) is 0.966. The zero-order chi connectivity index (χ0) is 28.2. The summed E-state index contributed by atoms with van der Waals surface area (Å²) in [7, 11) is 3.31. The number of piperidine rings is 1. The highest BCUT2D eigenvalue weighted by Crippen LogP contribution is 2.35. The summed E-state index contributed by atoms with van der Waals surface area (Å²) in [6, 6.07) is 14.6. The van der Waals surface area contributed by atoms with Crippen molar-refractivity contribution in [1.29, 1.82) is 0 Å². The van der Waals surface area contributed by atoms with Crippen LogP contribution in [0, 0.1) is 0 Å². The van der Waals surface area contributed by atoms with Gasteiger partial charge in [-0.25, -0.2) is 0 Å². The molecule has 4 atom stereocenters. The average molecular weight is 559 g/mol. The van der Waals surface area contributed by atoms with E-state index < -0.39 is 6.10 Å². The lowest BCUT2D eigenvalue weighted by Gasteiger charge is -2.39. The quantitative estimate of drug-likeness (QED) is 0.301. The number of aliphatic hydroxyl groups is 1. The summed E-state index contributed by atoms with van der Waals surface area (Å²) in [6.45, 7) is 8.29. The minimum Gasteiger partial charge on any atom is -0.494 e. The molecule has 9 nitrogen and oxygen atoms in total. The van der Waals surface area contributed by atoms with Crippen LogP contribution in [0.2, 0.25) is 0 Å². The Morgan fingerprint density at radius 1 is 1.00 bits per heavy atom. The topological polar surface area (TPSA) is 90.9 Å². The van der Waals surface area contributed by atoms with Crippen LogP contribution >= 0.6 is 0 Å². The smallest absolute Gasteiger partial charge is 0.142 e. The zero-order valence-electron chi connectivity index (χ0n) is 24.2. The Balaban J connectivity index is 1.48. The number of anilines is 1. The summed E-state index contributed by atoms with van der Waals surface area (Å²) in [5.41, 5.74) is 3.34. The predicted molar refractivity (Wildman–Crippen MR) is 155 cm³/mol. The van der Waals surface area contributed by atoms with Crippen molar-refractivity contribution in [3.8, 4) is 11.5 Å². The number of rotatable bonds is 16. The van der Waals surface area contributed by atoms with Crippen molar-refractivity contribution < 1.29 is 33.5 Å². The van der Waals surface area contributed by atoms with E-state index in [1.165, 1.54) is 0 Å². The number of hydrogen-bond acceptors (Lipinski definition) is 9. The molecule has 4 rings (SSSR count). The van der Waals surface area contributed by atoms with Gasteiger partial charge in [0.25, 0.3) is 0 Å². The number of ether oxygens (including phenoxy) is 6. The zero-order valence-corrected chi connectivity index (χ0v) is 24.2. The fourth-order valence-corrected chi connectivity index (χ4v) is 5.34. The van der Waals surface area contributed by atoms with Crippen LogP contribution in [-0.4, -0.2) is 96.9 Å². The number of fused-ring (bicyclic) bond motifs is 1. The van der Waals surface area contributed by atoms with E-state index in [2.05, 4.69) is 41.4 Å². The van der Waals surface area contributed by atoms with Gasteiger partial charge in [-0.3, -0.25) is 0 Å². The number of nitrogens with zero attached hydrogens (tertiary/aromatic N) is 1. The Morgan fingerprint density at radius 3 is 2.55 bits per heavy atom. The fraction of sp³-hybridized carbons (Fsp3) is 0.613. The second kappa shape index (κ2) is 16.1. The Morgan fingerprint density at radius 2 is 1.80 bits per heavy atom. The Labute approximate surface area is 238 Å². The normalized spacial score (nSPS) is 21.5. The van der Waals surface area contributed by atoms with Gasteiger partial charge in [0.05, 0.1) is 50.9 Å². The highest BCUT2D eigenvalue weighted by molar-refractivity contribution is 5.61. The molecule has 2 aliphatic heterocycles. The van der Waals surface area contributed by atoms with Crippen LogP contribution < -0.4 is 19.7 Å². The van der Waals surface area contributed by atoms with E-state index in [4.69, 9.17) is 28.4 Å². The average Bonchev–Trinajstić information content (AvgIpc) is 2.98. The van der Waals surface area contributed by atoms with Crippen molar-refractivity contribution in [3.05, 3.63) is 53.6 Å². The monoisotopic (exact) mass is 558 g/mol. The van der Waals surface area contributed by atoms with Gasteiger partial charge in [-0.2, -0.15) is 0 Å². The van der Waals surface area contributed by atoms with Crippen LogP contribution in [-0.2, 0) is 25.6 Å². The number of aliphatic hydroxyl groups excluding tert-OH is 1. The van der Waals surface area contributed by atoms with Crippen molar-refractivity contribution in [3.63, 3.8) is 0 Å². The lowest BCUT2D eigenvalue weighted by Crippen LogP contribution is -2.51. The molecule has 0 bridgehead atoms. The Bertz CT molecular complexity index is 1010. The molecule has 1 saturated heterocycles. The third-order valence-electron chi connectivity index (χ3n) is 7.32. The molecule has 2 N–H and O–H groups in total. The maximum absolute atomic E-state index is 10.2. The molecule has 1 fully saturated rings. The molecule has 0 saturated carbocycles. The van der Waals surface area contributed by atoms with Crippen LogP contribution in [0.5, 0.6) is 11.5 Å². The van der Waals surface area contributed by atoms with Gasteiger partial charge in [-0.1, -0.05) is 25.1 Å². The van der Waals surface area contributed by atoms with Gasteiger partial charge in [0, 0.05) is 46.4 Å². The van der Waals surface area contributed by atoms with Gasteiger partial charge in [-0.05, 0) is 48.2 Å². The van der Waals surface area contributed by atoms with Crippen LogP contribution in [0.25, 0.3) is 0 Å². The van der Waals surface area contributed by atoms with E-state index in [-0.39, 0.29) is 31.3 Å². The first-order valence-electron chi connectivity index (χ1n) is 14.5. The molecular formula is C31H46N2O7. The summed E-state index contributed by atoms with van der Waals surface area (Å²) >= 11 is 0. The molecule has 9 heteroatoms. The second-order valence-electron chi connectivity index (χ2n) is 10.4. The highest BCUT2D eigenvalue weighted by atomic mass is 16.5. The third-order valence-corrected chi connectivity index (χ3v) is 7.32. The highest BCUT2D eigenvalue weighted by Gasteiger charge is 2.36. The number of benzene rings is 2. The van der Waals surface area contributed by atoms with E-state index in [1.807, 2.05) is 18.2 Å². The molecule has 2 aliphatic rings. The predicted octanol–water partition coefficient (Wildman–Crippen LogP) is 3.38. The van der Waals surface area contributed by atoms with Crippen molar-refractivity contribution in [2.24, 2.45) is 0 Å². The number of methoxy groups -OCH3 is 2. The molecule has 222 valence electrons. The Hall–Kier alpha value is -2.40. The maximum Gasteiger partial charge on any atom is 0.142 e. The summed E-state index contributed by atoms with van der Waals surface area (Å²) in [4.78, 5) is 2.36. The van der Waals surface area contributed by atoms with E-state index in [1.54, 1.807) is 14.2 Å². The second-order valence-corrected chi connectivity index (χ2v) is 10.4. The maximum atomic E-state index is 10.2. The summed E-state index contributed by atoms with van der Waals surface area (Å²) in [5.74, 6) is 1.76. The molecule has 40 heavy (non-hydrogen) atoms. The molecule has 0 spiro atoms. The van der Waals surface area contributed by atoms with Crippen LogP contribution in [0.3, 0.4) is 0 Å². The molecular weight excluding hydrogens is 512 g/mol. The first-order chi connectivity index (χ1) is 19.6. The summed E-state index contributed by atoms with van der Waals surface area (Å²) < 4.78 is 34.9. The van der Waals surface area contributed by atoms with Gasteiger partial charge in [0.1, 0.15) is 24.2 Å². The SMILES string of the molecule is CCCOc1ccc(C2C(OCc3ccc4c(c3)N(CCCOC)CCO4)CNCC2OC[C@H](O)COC)cc1. The van der Waals surface area contributed by atoms with Gasteiger partial charge < -0.3 is 43.7 Å². The first kappa shape index (κ1) is 30.6. The van der Waals surface area contributed by atoms with E-state index >= 15 is 0 Å². The molecule has 2 aromatic rings. The first-order valence-corrected chi connectivity index (χ1v) is 14.5. The molecule has 0 aromatic heterocycles. The van der Waals surface area contributed by atoms with Crippen LogP contribution in [0.4, 0.5) is 5.69 Å². The van der Waals surface area contributed by atoms with Crippen molar-refractivity contribution in [2.45, 2.75) is 50.6 Å². The van der Waals surface area contributed by atoms with Crippen LogP contribution in [0.1, 0.15) is 36.8 Å². The minimum absolute atomic E-state index is 0.0114. The standard InChI is InChI=1S/C31H46N2O7/c1-4-14-37-26-9-7-24(8-10-26)31-29(18-32-19-30(31)40-22-25(34)21-36-3)39-20-23-6-11-28-27(17-23)33(13-16-38-28)12-5-15-35-2/h6-11,17,25,29-32,34H,4-5,12-16,18-22H2,1-3H3/t25-,29?,30?,31?/m1/s1. The lowest BCUT2D eigenvalue weighted by molar-refractivity contribution is -0.0856. The van der Waals surface area contributed by atoms with Crippen molar-refractivity contribution in [1.82, 2.24) is 5.32 Å². The molecule has 2 heterocycles. The van der Waals surface area contributed by atoms with Gasteiger partial charge in [0.2, 0.25) is 0 Å². The van der Waals surface area contributed by atoms with Gasteiger partial charge in [-0.15, -0.1) is 0 Å². The molecule has 0 amide bonds. The minimum atomic E-state index is -0.679. The van der Waals surface area contributed by atoms with Crippen LogP contribution in [0.15, 0.2) is 42.5 Å². The molecule has 0 radical (unpaired) electrons. The van der Waals surface area contributed by atoms with E-state index in [9.17, 15) is 5.11 Å². The number of hydrogen-bond donors (Lipinski definition) is 2. The molecule has 2 aromatic carbocycles. The van der Waals surface area contributed by atoms with Crippen molar-refractivity contribution in [2.75, 3.05) is 78.3 Å². The van der Waals surface area contributed by atoms with E-state index in [0.717, 1.165) is 60.9 Å².